The van der Waals surface area contributed by atoms with E-state index in [1.165, 1.54) is 0 Å². The van der Waals surface area contributed by atoms with Crippen LogP contribution < -0.4 is 4.74 Å². The minimum Gasteiger partial charge on any atom is -0.497 e. The van der Waals surface area contributed by atoms with Crippen LogP contribution in [0.25, 0.3) is 5.69 Å². The van der Waals surface area contributed by atoms with E-state index < -0.39 is 0 Å². The fourth-order valence-corrected chi connectivity index (χ4v) is 2.82. The van der Waals surface area contributed by atoms with Crippen LogP contribution in [-0.2, 0) is 17.7 Å². The number of aromatic nitrogens is 3. The lowest BCUT2D eigenvalue weighted by atomic mass is 10.2. The number of hydrogen-bond acceptors (Lipinski definition) is 5. The summed E-state index contributed by atoms with van der Waals surface area (Å²) in [4.78, 5) is 7.17. The standard InChI is InChI=1S/C18H26N4O2/c1-3-4-5-17-19-18(14-21-10-12-24-13-11-21)22(20-17)15-6-8-16(23-2)9-7-15/h6-9H,3-5,10-14H2,1-2H3. The van der Waals surface area contributed by atoms with E-state index in [2.05, 4.69) is 11.8 Å². The first-order valence-electron chi connectivity index (χ1n) is 8.69. The van der Waals surface area contributed by atoms with E-state index in [4.69, 9.17) is 19.6 Å². The minimum absolute atomic E-state index is 0.791. The fraction of sp³-hybridized carbons (Fsp3) is 0.556. The molecule has 1 aromatic heterocycles. The van der Waals surface area contributed by atoms with E-state index >= 15 is 0 Å². The van der Waals surface area contributed by atoms with E-state index in [0.717, 1.165) is 75.2 Å². The molecule has 0 N–H and O–H groups in total. The molecule has 0 spiro atoms. The Morgan fingerprint density at radius 1 is 1.17 bits per heavy atom. The summed E-state index contributed by atoms with van der Waals surface area (Å²) in [6.45, 7) is 6.46. The summed E-state index contributed by atoms with van der Waals surface area (Å²) in [5.74, 6) is 2.77. The Bertz CT molecular complexity index is 633. The molecule has 24 heavy (non-hydrogen) atoms. The number of methoxy groups -OCH3 is 1. The lowest BCUT2D eigenvalue weighted by Crippen LogP contribution is -2.36. The summed E-state index contributed by atoms with van der Waals surface area (Å²) >= 11 is 0. The lowest BCUT2D eigenvalue weighted by Gasteiger charge is -2.26. The number of ether oxygens (including phenoxy) is 2. The minimum atomic E-state index is 0.791. The van der Waals surface area contributed by atoms with E-state index in [1.807, 2.05) is 28.9 Å². The van der Waals surface area contributed by atoms with Crippen LogP contribution in [-0.4, -0.2) is 53.1 Å². The van der Waals surface area contributed by atoms with Gasteiger partial charge in [0.15, 0.2) is 5.82 Å². The molecule has 6 nitrogen and oxygen atoms in total. The third kappa shape index (κ3) is 4.13. The van der Waals surface area contributed by atoms with Gasteiger partial charge in [0.25, 0.3) is 0 Å². The van der Waals surface area contributed by atoms with Crippen LogP contribution in [0.5, 0.6) is 5.75 Å². The molecule has 3 rings (SSSR count). The van der Waals surface area contributed by atoms with Gasteiger partial charge in [0.2, 0.25) is 0 Å². The molecule has 1 aliphatic rings. The van der Waals surface area contributed by atoms with Crippen LogP contribution in [0.2, 0.25) is 0 Å². The molecule has 1 fully saturated rings. The first-order valence-corrected chi connectivity index (χ1v) is 8.69. The number of unbranched alkanes of at least 4 members (excludes halogenated alkanes) is 1. The highest BCUT2D eigenvalue weighted by Gasteiger charge is 2.17. The van der Waals surface area contributed by atoms with Crippen molar-refractivity contribution in [3.05, 3.63) is 35.9 Å². The second kappa shape index (κ2) is 8.26. The summed E-state index contributed by atoms with van der Waals surface area (Å²) in [7, 11) is 1.68. The number of benzene rings is 1. The van der Waals surface area contributed by atoms with Crippen LogP contribution in [0.3, 0.4) is 0 Å². The van der Waals surface area contributed by atoms with Gasteiger partial charge in [-0.1, -0.05) is 13.3 Å². The zero-order valence-corrected chi connectivity index (χ0v) is 14.6. The molecule has 1 saturated heterocycles. The Morgan fingerprint density at radius 2 is 1.92 bits per heavy atom. The second-order valence-electron chi connectivity index (χ2n) is 6.05. The van der Waals surface area contributed by atoms with Crippen molar-refractivity contribution in [2.75, 3.05) is 33.4 Å². The first kappa shape index (κ1) is 16.9. The smallest absolute Gasteiger partial charge is 0.151 e. The van der Waals surface area contributed by atoms with Crippen molar-refractivity contribution in [3.63, 3.8) is 0 Å². The Kier molecular flexibility index (Phi) is 5.82. The van der Waals surface area contributed by atoms with Crippen molar-refractivity contribution in [1.29, 1.82) is 0 Å². The number of nitrogens with zero attached hydrogens (tertiary/aromatic N) is 4. The van der Waals surface area contributed by atoms with Gasteiger partial charge in [-0.05, 0) is 30.7 Å². The third-order valence-electron chi connectivity index (χ3n) is 4.26. The topological polar surface area (TPSA) is 52.4 Å². The summed E-state index contributed by atoms with van der Waals surface area (Å²) in [5.41, 5.74) is 1.02. The van der Waals surface area contributed by atoms with E-state index in [1.54, 1.807) is 7.11 Å². The van der Waals surface area contributed by atoms with E-state index in [9.17, 15) is 0 Å². The Morgan fingerprint density at radius 3 is 2.58 bits per heavy atom. The molecule has 130 valence electrons. The zero-order valence-electron chi connectivity index (χ0n) is 14.6. The quantitative estimate of drug-likeness (QED) is 0.780. The van der Waals surface area contributed by atoms with Gasteiger partial charge in [0.1, 0.15) is 11.6 Å². The van der Waals surface area contributed by atoms with Crippen molar-refractivity contribution in [1.82, 2.24) is 19.7 Å². The SMILES string of the molecule is CCCCc1nc(CN2CCOCC2)n(-c2ccc(OC)cc2)n1. The van der Waals surface area contributed by atoms with Crippen LogP contribution in [0.4, 0.5) is 0 Å². The van der Waals surface area contributed by atoms with E-state index in [0.29, 0.717) is 0 Å². The van der Waals surface area contributed by atoms with E-state index in [-0.39, 0.29) is 0 Å². The van der Waals surface area contributed by atoms with Gasteiger partial charge in [0.05, 0.1) is 32.6 Å². The van der Waals surface area contributed by atoms with Crippen LogP contribution in [0.1, 0.15) is 31.4 Å². The predicted molar refractivity (Wildman–Crippen MR) is 92.6 cm³/mol. The Labute approximate surface area is 143 Å². The van der Waals surface area contributed by atoms with Crippen molar-refractivity contribution in [2.45, 2.75) is 32.7 Å². The van der Waals surface area contributed by atoms with Crippen molar-refractivity contribution < 1.29 is 9.47 Å². The Hall–Kier alpha value is -1.92. The highest BCUT2D eigenvalue weighted by atomic mass is 16.5. The molecular weight excluding hydrogens is 304 g/mol. The maximum absolute atomic E-state index is 5.44. The highest BCUT2D eigenvalue weighted by Crippen LogP contribution is 2.17. The first-order chi connectivity index (χ1) is 11.8. The average molecular weight is 330 g/mol. The molecule has 0 unspecified atom stereocenters. The summed E-state index contributed by atoms with van der Waals surface area (Å²) < 4.78 is 12.7. The van der Waals surface area contributed by atoms with Gasteiger partial charge >= 0.3 is 0 Å². The fourth-order valence-electron chi connectivity index (χ4n) is 2.82. The van der Waals surface area contributed by atoms with Gasteiger partial charge in [0, 0.05) is 19.5 Å². The summed E-state index contributed by atoms with van der Waals surface area (Å²) in [6, 6.07) is 7.97. The van der Waals surface area contributed by atoms with Crippen LogP contribution in [0, 0.1) is 0 Å². The molecule has 0 radical (unpaired) electrons. The second-order valence-corrected chi connectivity index (χ2v) is 6.05. The maximum atomic E-state index is 5.44. The number of morpholine rings is 1. The van der Waals surface area contributed by atoms with Crippen LogP contribution in [0.15, 0.2) is 24.3 Å². The molecule has 1 aliphatic heterocycles. The molecule has 0 aliphatic carbocycles. The summed E-state index contributed by atoms with van der Waals surface area (Å²) in [5, 5.41) is 4.75. The number of rotatable bonds is 7. The molecule has 0 saturated carbocycles. The lowest BCUT2D eigenvalue weighted by molar-refractivity contribution is 0.0328. The third-order valence-corrected chi connectivity index (χ3v) is 4.26. The van der Waals surface area contributed by atoms with Crippen molar-refractivity contribution in [2.24, 2.45) is 0 Å². The largest absolute Gasteiger partial charge is 0.497 e. The zero-order chi connectivity index (χ0) is 16.8. The monoisotopic (exact) mass is 330 g/mol. The van der Waals surface area contributed by atoms with Gasteiger partial charge in [-0.3, -0.25) is 4.90 Å². The predicted octanol–water partition coefficient (Wildman–Crippen LogP) is 2.45. The molecule has 0 atom stereocenters. The number of aryl methyl sites for hydroxylation is 1. The molecule has 2 aromatic rings. The van der Waals surface area contributed by atoms with Crippen molar-refractivity contribution >= 4 is 0 Å². The highest BCUT2D eigenvalue weighted by molar-refractivity contribution is 5.37. The van der Waals surface area contributed by atoms with Gasteiger partial charge in [-0.25, -0.2) is 9.67 Å². The molecule has 0 bridgehead atoms. The van der Waals surface area contributed by atoms with Crippen LogP contribution >= 0.6 is 0 Å². The molecule has 0 amide bonds. The average Bonchev–Trinajstić information content (AvgIpc) is 3.03. The normalized spacial score (nSPS) is 15.6. The molecule has 2 heterocycles. The maximum Gasteiger partial charge on any atom is 0.151 e. The Balaban J connectivity index is 1.84. The molecule has 6 heteroatoms. The van der Waals surface area contributed by atoms with Gasteiger partial charge < -0.3 is 9.47 Å². The summed E-state index contributed by atoms with van der Waals surface area (Å²) in [6.07, 6.45) is 3.19. The van der Waals surface area contributed by atoms with Crippen molar-refractivity contribution in [3.8, 4) is 11.4 Å². The number of hydrogen-bond donors (Lipinski definition) is 0. The van der Waals surface area contributed by atoms with Gasteiger partial charge in [-0.15, -0.1) is 0 Å². The molecule has 1 aromatic carbocycles. The molecular formula is C18H26N4O2. The van der Waals surface area contributed by atoms with Gasteiger partial charge in [-0.2, -0.15) is 5.10 Å².